The topological polar surface area (TPSA) is 84.4 Å². The predicted molar refractivity (Wildman–Crippen MR) is 62.1 cm³/mol. The number of hydrogen-bond acceptors (Lipinski definition) is 5. The van der Waals surface area contributed by atoms with Crippen LogP contribution < -0.4 is 16.9 Å². The summed E-state index contributed by atoms with van der Waals surface area (Å²) in [7, 11) is 3.63. The highest BCUT2D eigenvalue weighted by atomic mass is 16.1. The second-order valence-corrected chi connectivity index (χ2v) is 4.06. The molecule has 2 unspecified atom stereocenters. The minimum atomic E-state index is -0.0818. The molecule has 0 fully saturated rings. The normalized spacial score (nSPS) is 15.3. The Morgan fingerprint density at radius 3 is 2.47 bits per heavy atom. The summed E-state index contributed by atoms with van der Waals surface area (Å²) in [5, 5.41) is 4.65. The second kappa shape index (κ2) is 7.76. The fraction of sp³-hybridized carbons (Fsp3) is 0.900. The SMILES string of the molecule is CNC(CC(CN)CCN(C)N)C(C)=O. The molecule has 15 heavy (non-hydrogen) atoms. The smallest absolute Gasteiger partial charge is 0.146 e. The van der Waals surface area contributed by atoms with Crippen molar-refractivity contribution >= 4 is 5.78 Å². The van der Waals surface area contributed by atoms with Crippen molar-refractivity contribution in [1.82, 2.24) is 10.3 Å². The highest BCUT2D eigenvalue weighted by molar-refractivity contribution is 5.81. The lowest BCUT2D eigenvalue weighted by Crippen LogP contribution is -2.37. The number of hydrogen-bond donors (Lipinski definition) is 3. The van der Waals surface area contributed by atoms with Crippen LogP contribution in [-0.2, 0) is 4.79 Å². The van der Waals surface area contributed by atoms with Gasteiger partial charge in [0.2, 0.25) is 0 Å². The average molecular weight is 216 g/mol. The lowest BCUT2D eigenvalue weighted by molar-refractivity contribution is -0.119. The summed E-state index contributed by atoms with van der Waals surface area (Å²) >= 11 is 0. The first kappa shape index (κ1) is 14.5. The summed E-state index contributed by atoms with van der Waals surface area (Å²) < 4.78 is 0. The largest absolute Gasteiger partial charge is 0.330 e. The number of likely N-dealkylation sites (N-methyl/N-ethyl adjacent to an activating group) is 1. The molecule has 0 spiro atoms. The van der Waals surface area contributed by atoms with Crippen LogP contribution in [0.1, 0.15) is 19.8 Å². The van der Waals surface area contributed by atoms with Gasteiger partial charge in [0.15, 0.2) is 0 Å². The van der Waals surface area contributed by atoms with Crippen LogP contribution in [0.5, 0.6) is 0 Å². The third kappa shape index (κ3) is 6.57. The number of Topliss-reactive ketones (excluding diaryl/α,β-unsaturated/α-hetero) is 1. The first-order valence-electron chi connectivity index (χ1n) is 5.34. The van der Waals surface area contributed by atoms with Gasteiger partial charge in [0.05, 0.1) is 6.04 Å². The van der Waals surface area contributed by atoms with E-state index >= 15 is 0 Å². The zero-order valence-electron chi connectivity index (χ0n) is 9.99. The van der Waals surface area contributed by atoms with Crippen LogP contribution in [0.3, 0.4) is 0 Å². The highest BCUT2D eigenvalue weighted by Gasteiger charge is 2.17. The molecular weight excluding hydrogens is 192 g/mol. The Hall–Kier alpha value is -0.490. The van der Waals surface area contributed by atoms with Crippen molar-refractivity contribution in [3.8, 4) is 0 Å². The van der Waals surface area contributed by atoms with Crippen molar-refractivity contribution in [1.29, 1.82) is 0 Å². The van der Waals surface area contributed by atoms with Gasteiger partial charge in [0.25, 0.3) is 0 Å². The molecule has 0 aromatic carbocycles. The van der Waals surface area contributed by atoms with Gasteiger partial charge in [-0.05, 0) is 39.3 Å². The minimum Gasteiger partial charge on any atom is -0.330 e. The van der Waals surface area contributed by atoms with Crippen molar-refractivity contribution in [3.05, 3.63) is 0 Å². The third-order valence-corrected chi connectivity index (χ3v) is 2.63. The van der Waals surface area contributed by atoms with E-state index in [1.165, 1.54) is 0 Å². The van der Waals surface area contributed by atoms with Gasteiger partial charge in [-0.1, -0.05) is 0 Å². The number of ketones is 1. The molecule has 5 N–H and O–H groups in total. The van der Waals surface area contributed by atoms with E-state index in [0.29, 0.717) is 12.5 Å². The van der Waals surface area contributed by atoms with Crippen molar-refractivity contribution in [2.24, 2.45) is 17.5 Å². The van der Waals surface area contributed by atoms with Gasteiger partial charge in [0.1, 0.15) is 5.78 Å². The van der Waals surface area contributed by atoms with E-state index in [1.807, 2.05) is 7.05 Å². The molecule has 0 bridgehead atoms. The molecular formula is C10H24N4O. The predicted octanol–water partition coefficient (Wildman–Crippen LogP) is -0.676. The third-order valence-electron chi connectivity index (χ3n) is 2.63. The maximum Gasteiger partial charge on any atom is 0.146 e. The summed E-state index contributed by atoms with van der Waals surface area (Å²) in [5.74, 6) is 6.04. The lowest BCUT2D eigenvalue weighted by Gasteiger charge is -2.21. The van der Waals surface area contributed by atoms with Crippen molar-refractivity contribution in [3.63, 3.8) is 0 Å². The van der Waals surface area contributed by atoms with E-state index in [-0.39, 0.29) is 11.8 Å². The average Bonchev–Trinajstić information content (AvgIpc) is 2.17. The molecule has 0 radical (unpaired) electrons. The van der Waals surface area contributed by atoms with E-state index < -0.39 is 0 Å². The number of nitrogens with zero attached hydrogens (tertiary/aromatic N) is 1. The van der Waals surface area contributed by atoms with Crippen LogP contribution in [0.15, 0.2) is 0 Å². The van der Waals surface area contributed by atoms with E-state index in [9.17, 15) is 4.79 Å². The zero-order valence-corrected chi connectivity index (χ0v) is 9.99. The van der Waals surface area contributed by atoms with Crippen LogP contribution >= 0.6 is 0 Å². The van der Waals surface area contributed by atoms with Crippen LogP contribution in [0.25, 0.3) is 0 Å². The summed E-state index contributed by atoms with van der Waals surface area (Å²) in [4.78, 5) is 11.2. The Labute approximate surface area is 92.1 Å². The maximum atomic E-state index is 11.2. The molecule has 0 aromatic heterocycles. The molecule has 0 amide bonds. The van der Waals surface area contributed by atoms with E-state index in [2.05, 4.69) is 5.32 Å². The number of hydrazine groups is 1. The monoisotopic (exact) mass is 216 g/mol. The number of rotatable bonds is 8. The van der Waals surface area contributed by atoms with Gasteiger partial charge in [-0.25, -0.2) is 0 Å². The first-order valence-corrected chi connectivity index (χ1v) is 5.34. The molecule has 0 saturated heterocycles. The maximum absolute atomic E-state index is 11.2. The lowest BCUT2D eigenvalue weighted by atomic mass is 9.95. The standard InChI is InChI=1S/C10H24N4O/c1-8(15)10(13-2)6-9(7-11)4-5-14(3)12/h9-10,13H,4-7,11-12H2,1-3H3. The summed E-state index contributed by atoms with van der Waals surface area (Å²) in [5.41, 5.74) is 5.66. The van der Waals surface area contributed by atoms with Crippen molar-refractivity contribution in [2.75, 3.05) is 27.2 Å². The second-order valence-electron chi connectivity index (χ2n) is 4.06. The Balaban J connectivity index is 4.00. The minimum absolute atomic E-state index is 0.0818. The number of carbonyl (C=O) groups is 1. The molecule has 2 atom stereocenters. The van der Waals surface area contributed by atoms with Crippen molar-refractivity contribution in [2.45, 2.75) is 25.8 Å². The van der Waals surface area contributed by atoms with Gasteiger partial charge in [0, 0.05) is 13.6 Å². The molecule has 5 heteroatoms. The Bertz CT molecular complexity index is 184. The first-order chi connectivity index (χ1) is 7.01. The van der Waals surface area contributed by atoms with E-state index in [4.69, 9.17) is 11.6 Å². The van der Waals surface area contributed by atoms with Crippen molar-refractivity contribution < 1.29 is 4.79 Å². The summed E-state index contributed by atoms with van der Waals surface area (Å²) in [6, 6.07) is -0.0818. The summed E-state index contributed by atoms with van der Waals surface area (Å²) in [6.07, 6.45) is 1.71. The number of carbonyl (C=O) groups excluding carboxylic acids is 1. The molecule has 90 valence electrons. The Morgan fingerprint density at radius 1 is 1.53 bits per heavy atom. The van der Waals surface area contributed by atoms with Crippen LogP contribution in [0.4, 0.5) is 0 Å². The van der Waals surface area contributed by atoms with E-state index in [1.54, 1.807) is 19.0 Å². The molecule has 0 aliphatic carbocycles. The molecule has 0 aliphatic rings. The van der Waals surface area contributed by atoms with Gasteiger partial charge < -0.3 is 11.1 Å². The fourth-order valence-corrected chi connectivity index (χ4v) is 1.54. The van der Waals surface area contributed by atoms with Gasteiger partial charge in [-0.15, -0.1) is 0 Å². The van der Waals surface area contributed by atoms with E-state index in [0.717, 1.165) is 19.4 Å². The van der Waals surface area contributed by atoms with Gasteiger partial charge in [-0.2, -0.15) is 0 Å². The van der Waals surface area contributed by atoms with Gasteiger partial charge in [-0.3, -0.25) is 15.6 Å². The number of nitrogens with one attached hydrogen (secondary N) is 1. The molecule has 0 rings (SSSR count). The molecule has 0 saturated carbocycles. The molecule has 0 heterocycles. The van der Waals surface area contributed by atoms with Crippen LogP contribution in [0.2, 0.25) is 0 Å². The molecule has 0 aromatic rings. The van der Waals surface area contributed by atoms with Crippen LogP contribution in [0, 0.1) is 5.92 Å². The Morgan fingerprint density at radius 2 is 2.13 bits per heavy atom. The molecule has 0 aliphatic heterocycles. The van der Waals surface area contributed by atoms with Gasteiger partial charge >= 0.3 is 0 Å². The molecule has 5 nitrogen and oxygen atoms in total. The number of nitrogens with two attached hydrogens (primary N) is 2. The zero-order chi connectivity index (χ0) is 11.8. The van der Waals surface area contributed by atoms with Crippen LogP contribution in [-0.4, -0.2) is 44.0 Å². The summed E-state index contributed by atoms with van der Waals surface area (Å²) in [6.45, 7) is 3.00. The fourth-order valence-electron chi connectivity index (χ4n) is 1.54. The highest BCUT2D eigenvalue weighted by Crippen LogP contribution is 2.10. The quantitative estimate of drug-likeness (QED) is 0.370. The Kier molecular flexibility index (Phi) is 7.50.